The molecule has 0 aromatic heterocycles. The molecule has 18 heavy (non-hydrogen) atoms. The molecule has 1 amide bonds. The molecule has 0 spiro atoms. The van der Waals surface area contributed by atoms with Crippen molar-refractivity contribution in [3.8, 4) is 5.75 Å². The minimum absolute atomic E-state index is 0.103. The Labute approximate surface area is 107 Å². The average Bonchev–Trinajstić information content (AvgIpc) is 2.83. The lowest BCUT2D eigenvalue weighted by atomic mass is 10.2. The molecule has 1 heterocycles. The highest BCUT2D eigenvalue weighted by Crippen LogP contribution is 2.28. The minimum atomic E-state index is -0.103. The second kappa shape index (κ2) is 5.73. The zero-order valence-corrected chi connectivity index (χ0v) is 10.7. The van der Waals surface area contributed by atoms with Gasteiger partial charge >= 0.3 is 0 Å². The number of ether oxygens (including phenoxy) is 1. The van der Waals surface area contributed by atoms with Crippen molar-refractivity contribution >= 4 is 17.3 Å². The lowest BCUT2D eigenvalue weighted by Crippen LogP contribution is -2.22. The van der Waals surface area contributed by atoms with E-state index in [1.54, 1.807) is 7.11 Å². The normalized spacial score (nSPS) is 18.4. The van der Waals surface area contributed by atoms with Crippen LogP contribution in [-0.4, -0.2) is 32.1 Å². The SMILES string of the molecule is COc1cc(NC2CCNC2)ccc1NC(C)=O. The molecule has 1 aliphatic heterocycles. The third kappa shape index (κ3) is 3.13. The molecule has 1 aromatic carbocycles. The maximum absolute atomic E-state index is 11.1. The van der Waals surface area contributed by atoms with Gasteiger partial charge in [-0.25, -0.2) is 0 Å². The summed E-state index contributed by atoms with van der Waals surface area (Å²) >= 11 is 0. The third-order valence-electron chi connectivity index (χ3n) is 2.94. The summed E-state index contributed by atoms with van der Waals surface area (Å²) in [6, 6.07) is 6.17. The quantitative estimate of drug-likeness (QED) is 0.755. The van der Waals surface area contributed by atoms with E-state index in [0.29, 0.717) is 17.5 Å². The van der Waals surface area contributed by atoms with E-state index in [2.05, 4.69) is 16.0 Å². The fourth-order valence-electron chi connectivity index (χ4n) is 2.09. The number of benzene rings is 1. The molecular weight excluding hydrogens is 230 g/mol. The number of carbonyl (C=O) groups is 1. The fourth-order valence-corrected chi connectivity index (χ4v) is 2.09. The van der Waals surface area contributed by atoms with Gasteiger partial charge in [-0.05, 0) is 25.1 Å². The Morgan fingerprint density at radius 1 is 1.50 bits per heavy atom. The van der Waals surface area contributed by atoms with Crippen LogP contribution < -0.4 is 20.7 Å². The number of rotatable bonds is 4. The molecule has 5 nitrogen and oxygen atoms in total. The number of methoxy groups -OCH3 is 1. The highest BCUT2D eigenvalue weighted by Gasteiger charge is 2.14. The first kappa shape index (κ1) is 12.7. The van der Waals surface area contributed by atoms with E-state index >= 15 is 0 Å². The van der Waals surface area contributed by atoms with Crippen molar-refractivity contribution in [2.24, 2.45) is 0 Å². The zero-order chi connectivity index (χ0) is 13.0. The van der Waals surface area contributed by atoms with Gasteiger partial charge in [-0.3, -0.25) is 4.79 Å². The zero-order valence-electron chi connectivity index (χ0n) is 10.7. The minimum Gasteiger partial charge on any atom is -0.494 e. The van der Waals surface area contributed by atoms with Crippen molar-refractivity contribution in [1.82, 2.24) is 5.32 Å². The Morgan fingerprint density at radius 3 is 2.94 bits per heavy atom. The summed E-state index contributed by atoms with van der Waals surface area (Å²) in [6.07, 6.45) is 1.12. The van der Waals surface area contributed by atoms with Gasteiger partial charge in [-0.15, -0.1) is 0 Å². The molecule has 0 bridgehead atoms. The molecule has 0 aliphatic carbocycles. The first-order valence-electron chi connectivity index (χ1n) is 6.12. The average molecular weight is 249 g/mol. The maximum atomic E-state index is 11.1. The van der Waals surface area contributed by atoms with Gasteiger partial charge in [0.2, 0.25) is 5.91 Å². The number of amides is 1. The van der Waals surface area contributed by atoms with Crippen LogP contribution in [-0.2, 0) is 4.79 Å². The summed E-state index contributed by atoms with van der Waals surface area (Å²) in [6.45, 7) is 3.52. The van der Waals surface area contributed by atoms with Crippen LogP contribution in [0.3, 0.4) is 0 Å². The van der Waals surface area contributed by atoms with Gasteiger partial charge in [0.05, 0.1) is 12.8 Å². The van der Waals surface area contributed by atoms with Crippen molar-refractivity contribution < 1.29 is 9.53 Å². The maximum Gasteiger partial charge on any atom is 0.221 e. The van der Waals surface area contributed by atoms with Crippen LogP contribution in [0.5, 0.6) is 5.75 Å². The molecule has 3 N–H and O–H groups in total. The second-order valence-corrected chi connectivity index (χ2v) is 4.43. The fraction of sp³-hybridized carbons (Fsp3) is 0.462. The molecule has 98 valence electrons. The van der Waals surface area contributed by atoms with Crippen molar-refractivity contribution in [2.75, 3.05) is 30.8 Å². The van der Waals surface area contributed by atoms with Crippen LogP contribution in [0.15, 0.2) is 18.2 Å². The highest BCUT2D eigenvalue weighted by atomic mass is 16.5. The first-order valence-corrected chi connectivity index (χ1v) is 6.12. The highest BCUT2D eigenvalue weighted by molar-refractivity contribution is 5.90. The van der Waals surface area contributed by atoms with Crippen LogP contribution in [0.2, 0.25) is 0 Å². The summed E-state index contributed by atoms with van der Waals surface area (Å²) in [5.41, 5.74) is 1.70. The van der Waals surface area contributed by atoms with E-state index in [0.717, 1.165) is 25.2 Å². The van der Waals surface area contributed by atoms with Crippen LogP contribution in [0.25, 0.3) is 0 Å². The van der Waals surface area contributed by atoms with E-state index in [9.17, 15) is 4.79 Å². The lowest BCUT2D eigenvalue weighted by Gasteiger charge is -2.15. The van der Waals surface area contributed by atoms with Gasteiger partial charge in [0.15, 0.2) is 0 Å². The predicted octanol–water partition coefficient (Wildman–Crippen LogP) is 1.43. The van der Waals surface area contributed by atoms with Gasteiger partial charge in [0.1, 0.15) is 5.75 Å². The number of nitrogens with one attached hydrogen (secondary N) is 3. The van der Waals surface area contributed by atoms with Gasteiger partial charge in [-0.1, -0.05) is 0 Å². The second-order valence-electron chi connectivity index (χ2n) is 4.43. The molecular formula is C13H19N3O2. The summed E-state index contributed by atoms with van der Waals surface area (Å²) in [4.78, 5) is 11.1. The number of carbonyl (C=O) groups excluding carboxylic acids is 1. The topological polar surface area (TPSA) is 62.4 Å². The van der Waals surface area contributed by atoms with Gasteiger partial charge < -0.3 is 20.7 Å². The molecule has 1 fully saturated rings. The van der Waals surface area contributed by atoms with E-state index in [-0.39, 0.29) is 5.91 Å². The number of anilines is 2. The number of hydrogen-bond acceptors (Lipinski definition) is 4. The molecule has 1 saturated heterocycles. The van der Waals surface area contributed by atoms with Crippen molar-refractivity contribution in [1.29, 1.82) is 0 Å². The summed E-state index contributed by atoms with van der Waals surface area (Å²) in [5, 5.41) is 9.49. The van der Waals surface area contributed by atoms with Crippen molar-refractivity contribution in [3.05, 3.63) is 18.2 Å². The standard InChI is InChI=1S/C13H19N3O2/c1-9(17)15-12-4-3-10(7-13(12)18-2)16-11-5-6-14-8-11/h3-4,7,11,14,16H,5-6,8H2,1-2H3,(H,15,17). The van der Waals surface area contributed by atoms with Crippen LogP contribution in [0, 0.1) is 0 Å². The molecule has 1 aromatic rings. The number of hydrogen-bond donors (Lipinski definition) is 3. The van der Waals surface area contributed by atoms with Gasteiger partial charge in [-0.2, -0.15) is 0 Å². The van der Waals surface area contributed by atoms with Crippen LogP contribution >= 0.6 is 0 Å². The Kier molecular flexibility index (Phi) is 4.04. The molecule has 5 heteroatoms. The molecule has 0 radical (unpaired) electrons. The van der Waals surface area contributed by atoms with Gasteiger partial charge in [0, 0.05) is 31.3 Å². The monoisotopic (exact) mass is 249 g/mol. The summed E-state index contributed by atoms with van der Waals surface area (Å²) in [7, 11) is 1.60. The molecule has 1 atom stereocenters. The van der Waals surface area contributed by atoms with E-state index in [1.165, 1.54) is 6.92 Å². The summed E-state index contributed by atoms with van der Waals surface area (Å²) in [5.74, 6) is 0.565. The summed E-state index contributed by atoms with van der Waals surface area (Å²) < 4.78 is 5.28. The van der Waals surface area contributed by atoms with Gasteiger partial charge in [0.25, 0.3) is 0 Å². The molecule has 1 aliphatic rings. The van der Waals surface area contributed by atoms with Crippen molar-refractivity contribution in [3.63, 3.8) is 0 Å². The lowest BCUT2D eigenvalue weighted by molar-refractivity contribution is -0.114. The smallest absolute Gasteiger partial charge is 0.221 e. The molecule has 0 saturated carbocycles. The van der Waals surface area contributed by atoms with Crippen LogP contribution in [0.1, 0.15) is 13.3 Å². The Bertz CT molecular complexity index is 428. The Hall–Kier alpha value is -1.75. The Morgan fingerprint density at radius 2 is 2.33 bits per heavy atom. The largest absolute Gasteiger partial charge is 0.494 e. The van der Waals surface area contributed by atoms with E-state index in [4.69, 9.17) is 4.74 Å². The van der Waals surface area contributed by atoms with E-state index in [1.807, 2.05) is 18.2 Å². The molecule has 1 unspecified atom stereocenters. The molecule has 2 rings (SSSR count). The third-order valence-corrected chi connectivity index (χ3v) is 2.94. The van der Waals surface area contributed by atoms with E-state index < -0.39 is 0 Å². The van der Waals surface area contributed by atoms with Crippen molar-refractivity contribution in [2.45, 2.75) is 19.4 Å². The predicted molar refractivity (Wildman–Crippen MR) is 72.2 cm³/mol. The van der Waals surface area contributed by atoms with Crippen LogP contribution in [0.4, 0.5) is 11.4 Å². The Balaban J connectivity index is 2.10. The first-order chi connectivity index (χ1) is 8.69.